The summed E-state index contributed by atoms with van der Waals surface area (Å²) < 4.78 is 38.0. The molecule has 0 saturated carbocycles. The average molecular weight is 280 g/mol. The predicted molar refractivity (Wildman–Crippen MR) is 72.2 cm³/mol. The summed E-state index contributed by atoms with van der Waals surface area (Å²) in [4.78, 5) is 1.97. The maximum Gasteiger partial charge on any atom is 0.393 e. The van der Waals surface area contributed by atoms with E-state index in [0.717, 1.165) is 32.5 Å². The Morgan fingerprint density at radius 3 is 2.42 bits per heavy atom. The van der Waals surface area contributed by atoms with Crippen LogP contribution in [0.3, 0.4) is 0 Å². The second-order valence-corrected chi connectivity index (χ2v) is 6.57. The Bertz CT molecular complexity index is 258. The van der Waals surface area contributed by atoms with Crippen LogP contribution in [-0.4, -0.2) is 42.8 Å². The third kappa shape index (κ3) is 7.16. The van der Waals surface area contributed by atoms with Crippen LogP contribution in [0.2, 0.25) is 0 Å². The van der Waals surface area contributed by atoms with Gasteiger partial charge in [0.2, 0.25) is 0 Å². The molecule has 114 valence electrons. The molecule has 1 rings (SSSR count). The lowest BCUT2D eigenvalue weighted by Gasteiger charge is -2.33. The van der Waals surface area contributed by atoms with Crippen LogP contribution in [0.4, 0.5) is 13.2 Å². The Balaban J connectivity index is 2.16. The molecule has 1 aliphatic heterocycles. The van der Waals surface area contributed by atoms with E-state index in [-0.39, 0.29) is 12.1 Å². The normalized spacial score (nSPS) is 22.7. The van der Waals surface area contributed by atoms with Crippen LogP contribution >= 0.6 is 0 Å². The number of alkyl halides is 3. The van der Waals surface area contributed by atoms with Crippen molar-refractivity contribution in [3.63, 3.8) is 0 Å². The molecule has 1 aliphatic rings. The molecule has 0 spiro atoms. The summed E-state index contributed by atoms with van der Waals surface area (Å²) in [6, 6.07) is 0. The van der Waals surface area contributed by atoms with Crippen molar-refractivity contribution in [2.75, 3.05) is 26.2 Å². The van der Waals surface area contributed by atoms with Crippen molar-refractivity contribution < 1.29 is 13.2 Å². The number of unbranched alkanes of at least 4 members (excludes halogenated alkanes) is 1. The third-order valence-electron chi connectivity index (χ3n) is 3.52. The first-order valence-electron chi connectivity index (χ1n) is 7.22. The van der Waals surface area contributed by atoms with Crippen molar-refractivity contribution >= 4 is 0 Å². The highest BCUT2D eigenvalue weighted by Gasteiger charge is 2.41. The molecule has 0 bridgehead atoms. The van der Waals surface area contributed by atoms with Crippen LogP contribution in [0.5, 0.6) is 0 Å². The molecule has 1 N–H and O–H groups in total. The Morgan fingerprint density at radius 2 is 1.84 bits per heavy atom. The van der Waals surface area contributed by atoms with E-state index in [9.17, 15) is 13.2 Å². The zero-order valence-electron chi connectivity index (χ0n) is 12.3. The summed E-state index contributed by atoms with van der Waals surface area (Å²) in [5.41, 5.74) is 0.118. The third-order valence-corrected chi connectivity index (χ3v) is 3.52. The molecule has 5 heteroatoms. The lowest BCUT2D eigenvalue weighted by Crippen LogP contribution is -2.42. The topological polar surface area (TPSA) is 15.3 Å². The Morgan fingerprint density at radius 1 is 1.16 bits per heavy atom. The summed E-state index contributed by atoms with van der Waals surface area (Å²) in [5.74, 6) is -1.12. The molecule has 0 aromatic heterocycles. The van der Waals surface area contributed by atoms with E-state index < -0.39 is 12.1 Å². The van der Waals surface area contributed by atoms with E-state index in [0.29, 0.717) is 12.8 Å². The highest BCUT2D eigenvalue weighted by atomic mass is 19.4. The molecule has 0 aromatic rings. The van der Waals surface area contributed by atoms with Gasteiger partial charge in [0.05, 0.1) is 5.92 Å². The van der Waals surface area contributed by atoms with Crippen molar-refractivity contribution in [2.45, 2.75) is 58.2 Å². The number of likely N-dealkylation sites (tertiary alicyclic amines) is 1. The number of nitrogens with zero attached hydrogens (tertiary/aromatic N) is 1. The first-order chi connectivity index (χ1) is 8.68. The first kappa shape index (κ1) is 16.8. The van der Waals surface area contributed by atoms with E-state index in [2.05, 4.69) is 26.1 Å². The lowest BCUT2D eigenvalue weighted by molar-refractivity contribution is -0.186. The Kier molecular flexibility index (Phi) is 6.12. The molecule has 0 radical (unpaired) electrons. The highest BCUT2D eigenvalue weighted by Crippen LogP contribution is 2.33. The molecule has 1 fully saturated rings. The monoisotopic (exact) mass is 280 g/mol. The molecule has 0 aromatic carbocycles. The molecular weight excluding hydrogens is 253 g/mol. The highest BCUT2D eigenvalue weighted by molar-refractivity contribution is 4.78. The van der Waals surface area contributed by atoms with Gasteiger partial charge in [0.15, 0.2) is 0 Å². The fourth-order valence-electron chi connectivity index (χ4n) is 2.45. The van der Waals surface area contributed by atoms with E-state index in [1.807, 2.05) is 4.90 Å². The summed E-state index contributed by atoms with van der Waals surface area (Å²) in [6.07, 6.45) is -1.07. The van der Waals surface area contributed by atoms with Crippen molar-refractivity contribution in [3.05, 3.63) is 0 Å². The molecule has 1 heterocycles. The van der Waals surface area contributed by atoms with Gasteiger partial charge >= 0.3 is 6.18 Å². The minimum atomic E-state index is -4.02. The van der Waals surface area contributed by atoms with Gasteiger partial charge in [-0.25, -0.2) is 0 Å². The van der Waals surface area contributed by atoms with Crippen LogP contribution < -0.4 is 5.32 Å². The van der Waals surface area contributed by atoms with Gasteiger partial charge in [-0.3, -0.25) is 0 Å². The van der Waals surface area contributed by atoms with Gasteiger partial charge in [-0.1, -0.05) is 0 Å². The van der Waals surface area contributed by atoms with Crippen molar-refractivity contribution in [2.24, 2.45) is 5.92 Å². The maximum atomic E-state index is 12.7. The van der Waals surface area contributed by atoms with Crippen LogP contribution in [0.25, 0.3) is 0 Å². The van der Waals surface area contributed by atoms with E-state index >= 15 is 0 Å². The first-order valence-corrected chi connectivity index (χ1v) is 7.22. The van der Waals surface area contributed by atoms with Crippen LogP contribution in [0.1, 0.15) is 46.5 Å². The Labute approximate surface area is 114 Å². The van der Waals surface area contributed by atoms with Crippen LogP contribution in [0, 0.1) is 5.92 Å². The van der Waals surface area contributed by atoms with E-state index in [1.165, 1.54) is 0 Å². The summed E-state index contributed by atoms with van der Waals surface area (Å²) >= 11 is 0. The van der Waals surface area contributed by atoms with Crippen molar-refractivity contribution in [3.8, 4) is 0 Å². The zero-order valence-corrected chi connectivity index (χ0v) is 12.3. The van der Waals surface area contributed by atoms with Crippen molar-refractivity contribution in [1.82, 2.24) is 10.2 Å². The number of hydrogen-bond acceptors (Lipinski definition) is 2. The molecular formula is C14H27F3N2. The molecule has 2 nitrogen and oxygen atoms in total. The van der Waals surface area contributed by atoms with Crippen LogP contribution in [0.15, 0.2) is 0 Å². The van der Waals surface area contributed by atoms with Crippen molar-refractivity contribution in [1.29, 1.82) is 0 Å². The quantitative estimate of drug-likeness (QED) is 0.776. The average Bonchev–Trinajstić information content (AvgIpc) is 2.26. The summed E-state index contributed by atoms with van der Waals surface area (Å²) in [6.45, 7) is 9.08. The second kappa shape index (κ2) is 6.93. The van der Waals surface area contributed by atoms with Gasteiger partial charge < -0.3 is 10.2 Å². The number of rotatable bonds is 5. The SMILES string of the molecule is CC(C)(C)NCCCCN1CCCC(C(F)(F)F)C1. The maximum absolute atomic E-state index is 12.7. The van der Waals surface area contributed by atoms with E-state index in [1.54, 1.807) is 0 Å². The summed E-state index contributed by atoms with van der Waals surface area (Å²) in [7, 11) is 0. The lowest BCUT2D eigenvalue weighted by atomic mass is 9.97. The Hall–Kier alpha value is -0.290. The van der Waals surface area contributed by atoms with Crippen LogP contribution in [-0.2, 0) is 0 Å². The fourth-order valence-corrected chi connectivity index (χ4v) is 2.45. The molecule has 0 amide bonds. The number of nitrogens with one attached hydrogen (secondary N) is 1. The van der Waals surface area contributed by atoms with E-state index in [4.69, 9.17) is 0 Å². The van der Waals surface area contributed by atoms with Gasteiger partial charge in [0.1, 0.15) is 0 Å². The van der Waals surface area contributed by atoms with Gasteiger partial charge in [0.25, 0.3) is 0 Å². The predicted octanol–water partition coefficient (Wildman–Crippen LogP) is 3.43. The second-order valence-electron chi connectivity index (χ2n) is 6.57. The number of piperidine rings is 1. The minimum Gasteiger partial charge on any atom is -0.312 e. The molecule has 19 heavy (non-hydrogen) atoms. The minimum absolute atomic E-state index is 0.118. The zero-order chi connectivity index (χ0) is 14.5. The summed E-state index contributed by atoms with van der Waals surface area (Å²) in [5, 5.41) is 3.39. The van der Waals surface area contributed by atoms with Gasteiger partial charge in [0, 0.05) is 12.1 Å². The smallest absolute Gasteiger partial charge is 0.312 e. The largest absolute Gasteiger partial charge is 0.393 e. The molecule has 1 saturated heterocycles. The number of halogens is 3. The number of hydrogen-bond donors (Lipinski definition) is 1. The van der Waals surface area contributed by atoms with Gasteiger partial charge in [-0.15, -0.1) is 0 Å². The van der Waals surface area contributed by atoms with Gasteiger partial charge in [-0.2, -0.15) is 13.2 Å². The standard InChI is InChI=1S/C14H27F3N2/c1-13(2,3)18-8-4-5-9-19-10-6-7-12(11-19)14(15,16)17/h12,18H,4-11H2,1-3H3. The molecule has 1 atom stereocenters. The molecule has 0 aliphatic carbocycles. The molecule has 1 unspecified atom stereocenters. The fraction of sp³-hybridized carbons (Fsp3) is 1.00. The van der Waals surface area contributed by atoms with Gasteiger partial charge in [-0.05, 0) is 66.1 Å².